The summed E-state index contributed by atoms with van der Waals surface area (Å²) in [6.07, 6.45) is 4.52. The van der Waals surface area contributed by atoms with Crippen LogP contribution in [0, 0.1) is 0 Å². The van der Waals surface area contributed by atoms with Crippen LogP contribution in [0.2, 0.25) is 0 Å². The van der Waals surface area contributed by atoms with E-state index in [-0.39, 0.29) is 18.4 Å². The van der Waals surface area contributed by atoms with Crippen molar-refractivity contribution in [2.24, 2.45) is 0 Å². The van der Waals surface area contributed by atoms with Crippen molar-refractivity contribution < 1.29 is 18.7 Å². The molecule has 3 heterocycles. The maximum atomic E-state index is 13.4. The molecule has 1 aliphatic rings. The van der Waals surface area contributed by atoms with Crippen molar-refractivity contribution in [2.45, 2.75) is 25.3 Å². The molecule has 0 bridgehead atoms. The van der Waals surface area contributed by atoms with Crippen LogP contribution in [0.25, 0.3) is 11.1 Å². The molecule has 4 rings (SSSR count). The van der Waals surface area contributed by atoms with E-state index in [9.17, 15) is 18.7 Å². The lowest BCUT2D eigenvalue weighted by atomic mass is 10.1. The maximum Gasteiger partial charge on any atom is 0.337 e. The third kappa shape index (κ3) is 5.05. The molecule has 31 heavy (non-hydrogen) atoms. The molecule has 2 aromatic heterocycles. The van der Waals surface area contributed by atoms with E-state index in [1.807, 2.05) is 41.4 Å². The predicted molar refractivity (Wildman–Crippen MR) is 113 cm³/mol. The zero-order chi connectivity index (χ0) is 21.8. The van der Waals surface area contributed by atoms with Crippen LogP contribution < -0.4 is 5.32 Å². The van der Waals surface area contributed by atoms with E-state index < -0.39 is 11.9 Å². The van der Waals surface area contributed by atoms with Crippen molar-refractivity contribution in [1.82, 2.24) is 19.7 Å². The summed E-state index contributed by atoms with van der Waals surface area (Å²) in [4.78, 5) is 17.6. The molecule has 3 aromatic rings. The first kappa shape index (κ1) is 20.9. The first-order valence-corrected chi connectivity index (χ1v) is 10.1. The number of halogens is 2. The van der Waals surface area contributed by atoms with Crippen LogP contribution in [0.1, 0.15) is 23.2 Å². The number of alkyl halides is 2. The zero-order valence-electron chi connectivity index (χ0n) is 16.8. The number of carboxylic acid groups (broad SMARTS) is 1. The zero-order valence-corrected chi connectivity index (χ0v) is 16.8. The van der Waals surface area contributed by atoms with E-state index >= 15 is 0 Å². The van der Waals surface area contributed by atoms with Gasteiger partial charge in [0.15, 0.2) is 5.82 Å². The number of hydrogen-bond donors (Lipinski definition) is 2. The van der Waals surface area contributed by atoms with Crippen molar-refractivity contribution in [2.75, 3.05) is 25.0 Å². The number of carbonyl (C=O) groups is 1. The second kappa shape index (κ2) is 8.81. The number of aromatic nitrogens is 3. The largest absolute Gasteiger partial charge is 0.478 e. The Morgan fingerprint density at radius 1 is 1.13 bits per heavy atom. The Bertz CT molecular complexity index is 1050. The van der Waals surface area contributed by atoms with E-state index in [0.717, 1.165) is 11.1 Å². The second-order valence-electron chi connectivity index (χ2n) is 7.57. The Morgan fingerprint density at radius 2 is 1.87 bits per heavy atom. The molecular formula is C22H23F2N5O2. The molecule has 162 valence electrons. The molecular weight excluding hydrogens is 404 g/mol. The van der Waals surface area contributed by atoms with E-state index in [1.165, 1.54) is 18.5 Å². The quantitative estimate of drug-likeness (QED) is 0.590. The lowest BCUT2D eigenvalue weighted by Gasteiger charge is -2.31. The van der Waals surface area contributed by atoms with E-state index in [2.05, 4.69) is 15.4 Å². The second-order valence-corrected chi connectivity index (χ2v) is 7.57. The van der Waals surface area contributed by atoms with Crippen LogP contribution in [-0.2, 0) is 6.54 Å². The summed E-state index contributed by atoms with van der Waals surface area (Å²) >= 11 is 0. The Kier molecular flexibility index (Phi) is 5.94. The third-order valence-electron chi connectivity index (χ3n) is 5.38. The van der Waals surface area contributed by atoms with Crippen LogP contribution in [-0.4, -0.2) is 56.3 Å². The molecule has 9 heteroatoms. The average Bonchev–Trinajstić information content (AvgIpc) is 3.16. The summed E-state index contributed by atoms with van der Waals surface area (Å²) in [5.41, 5.74) is 2.18. The van der Waals surface area contributed by atoms with Gasteiger partial charge in [-0.2, -0.15) is 5.10 Å². The molecule has 1 saturated heterocycles. The van der Waals surface area contributed by atoms with Crippen LogP contribution >= 0.6 is 0 Å². The fourth-order valence-electron chi connectivity index (χ4n) is 3.61. The Labute approximate surface area is 178 Å². The van der Waals surface area contributed by atoms with Crippen LogP contribution in [0.3, 0.4) is 0 Å². The number of likely N-dealkylation sites (tertiary alicyclic amines) is 1. The number of pyridine rings is 1. The highest BCUT2D eigenvalue weighted by Gasteiger charge is 2.33. The summed E-state index contributed by atoms with van der Waals surface area (Å²) in [6.45, 7) is 1.87. The molecule has 0 saturated carbocycles. The molecule has 0 atom stereocenters. The Morgan fingerprint density at radius 3 is 2.58 bits per heavy atom. The van der Waals surface area contributed by atoms with Crippen LogP contribution in [0.4, 0.5) is 20.3 Å². The Balaban J connectivity index is 1.56. The monoisotopic (exact) mass is 427 g/mol. The first-order valence-electron chi connectivity index (χ1n) is 10.1. The number of piperidine rings is 1. The van der Waals surface area contributed by atoms with Gasteiger partial charge >= 0.3 is 5.97 Å². The molecule has 0 spiro atoms. The van der Waals surface area contributed by atoms with Crippen molar-refractivity contribution >= 4 is 17.5 Å². The van der Waals surface area contributed by atoms with Gasteiger partial charge in [-0.3, -0.25) is 9.67 Å². The predicted octanol–water partition coefficient (Wildman–Crippen LogP) is 4.12. The minimum atomic E-state index is -2.56. The first-order chi connectivity index (χ1) is 14.9. The SMILES string of the molecule is O=C(O)c1ccncc1Nc1nn(CCN2CCC(F)(F)CC2)cc1-c1ccccc1. The molecule has 0 radical (unpaired) electrons. The van der Waals surface area contributed by atoms with Gasteiger partial charge in [0, 0.05) is 50.4 Å². The highest BCUT2D eigenvalue weighted by atomic mass is 19.3. The number of benzene rings is 1. The van der Waals surface area contributed by atoms with E-state index in [1.54, 1.807) is 4.68 Å². The molecule has 0 amide bonds. The van der Waals surface area contributed by atoms with Crippen LogP contribution in [0.15, 0.2) is 55.0 Å². The topological polar surface area (TPSA) is 83.3 Å². The Hall–Kier alpha value is -3.33. The van der Waals surface area contributed by atoms with Gasteiger partial charge < -0.3 is 15.3 Å². The smallest absolute Gasteiger partial charge is 0.337 e. The normalized spacial score (nSPS) is 16.2. The lowest BCUT2D eigenvalue weighted by Crippen LogP contribution is -2.40. The summed E-state index contributed by atoms with van der Waals surface area (Å²) < 4.78 is 28.5. The van der Waals surface area contributed by atoms with Gasteiger partial charge in [-0.15, -0.1) is 0 Å². The third-order valence-corrected chi connectivity index (χ3v) is 5.38. The van der Waals surface area contributed by atoms with Gasteiger partial charge in [-0.1, -0.05) is 30.3 Å². The summed E-state index contributed by atoms with van der Waals surface area (Å²) in [5, 5.41) is 17.2. The molecule has 1 aliphatic heterocycles. The number of nitrogens with zero attached hydrogens (tertiary/aromatic N) is 4. The van der Waals surface area contributed by atoms with Gasteiger partial charge in [-0.25, -0.2) is 13.6 Å². The number of nitrogens with one attached hydrogen (secondary N) is 1. The number of hydrogen-bond acceptors (Lipinski definition) is 5. The number of carboxylic acids is 1. The highest BCUT2D eigenvalue weighted by molar-refractivity contribution is 5.95. The standard InChI is InChI=1S/C22H23F2N5O2/c23-22(24)7-10-28(11-8-22)12-13-29-15-18(16-4-2-1-3-5-16)20(27-29)26-19-14-25-9-6-17(19)21(30)31/h1-6,9,14-15H,7-8,10-13H2,(H,26,27)(H,30,31). The van der Waals surface area contributed by atoms with Crippen LogP contribution in [0.5, 0.6) is 0 Å². The highest BCUT2D eigenvalue weighted by Crippen LogP contribution is 2.31. The minimum Gasteiger partial charge on any atom is -0.478 e. The number of aromatic carboxylic acids is 1. The molecule has 1 fully saturated rings. The van der Waals surface area contributed by atoms with Gasteiger partial charge in [0.25, 0.3) is 5.92 Å². The van der Waals surface area contributed by atoms with E-state index in [0.29, 0.717) is 37.7 Å². The average molecular weight is 427 g/mol. The minimum absolute atomic E-state index is 0.0952. The molecule has 0 aliphatic carbocycles. The molecule has 0 unspecified atom stereocenters. The molecule has 7 nitrogen and oxygen atoms in total. The molecule has 1 aromatic carbocycles. The summed E-state index contributed by atoms with van der Waals surface area (Å²) in [7, 11) is 0. The van der Waals surface area contributed by atoms with Gasteiger partial charge in [-0.05, 0) is 11.6 Å². The lowest BCUT2D eigenvalue weighted by molar-refractivity contribution is -0.0555. The summed E-state index contributed by atoms with van der Waals surface area (Å²) in [6, 6.07) is 11.1. The van der Waals surface area contributed by atoms with Crippen molar-refractivity contribution in [3.05, 3.63) is 60.6 Å². The van der Waals surface area contributed by atoms with Gasteiger partial charge in [0.1, 0.15) is 0 Å². The number of anilines is 2. The van der Waals surface area contributed by atoms with E-state index in [4.69, 9.17) is 0 Å². The fourth-order valence-corrected chi connectivity index (χ4v) is 3.61. The van der Waals surface area contributed by atoms with Crippen molar-refractivity contribution in [3.63, 3.8) is 0 Å². The fraction of sp³-hybridized carbons (Fsp3) is 0.318. The van der Waals surface area contributed by atoms with Crippen molar-refractivity contribution in [1.29, 1.82) is 0 Å². The maximum absolute atomic E-state index is 13.4. The number of rotatable bonds is 7. The summed E-state index contributed by atoms with van der Waals surface area (Å²) in [5.74, 6) is -3.12. The van der Waals surface area contributed by atoms with Gasteiger partial charge in [0.05, 0.1) is 24.0 Å². The van der Waals surface area contributed by atoms with Gasteiger partial charge in [0.2, 0.25) is 0 Å². The van der Waals surface area contributed by atoms with Crippen molar-refractivity contribution in [3.8, 4) is 11.1 Å². The molecule has 2 N–H and O–H groups in total.